The molecule has 1 aromatic rings. The zero-order valence-electron chi connectivity index (χ0n) is 10.4. The molecule has 2 rings (SSSR count). The normalized spacial score (nSPS) is 20.8. The van der Waals surface area contributed by atoms with Gasteiger partial charge in [0.05, 0.1) is 6.26 Å². The first-order valence-electron chi connectivity index (χ1n) is 6.81. The lowest BCUT2D eigenvalue weighted by Crippen LogP contribution is -2.33. The summed E-state index contributed by atoms with van der Waals surface area (Å²) in [5, 5.41) is 13.4. The fraction of sp³-hybridized carbons (Fsp3) is 0.714. The Kier molecular flexibility index (Phi) is 5.08. The minimum absolute atomic E-state index is 0.518. The van der Waals surface area contributed by atoms with Gasteiger partial charge in [0.1, 0.15) is 11.9 Å². The van der Waals surface area contributed by atoms with E-state index in [2.05, 4.69) is 5.32 Å². The lowest BCUT2D eigenvalue weighted by molar-refractivity contribution is 0.141. The summed E-state index contributed by atoms with van der Waals surface area (Å²) < 4.78 is 5.19. The van der Waals surface area contributed by atoms with E-state index in [9.17, 15) is 5.11 Å². The van der Waals surface area contributed by atoms with Crippen LogP contribution >= 0.6 is 0 Å². The van der Waals surface area contributed by atoms with Gasteiger partial charge in [-0.05, 0) is 25.0 Å². The molecule has 1 saturated carbocycles. The number of nitrogens with one attached hydrogen (secondary N) is 1. The average Bonchev–Trinajstić information content (AvgIpc) is 2.80. The van der Waals surface area contributed by atoms with Crippen molar-refractivity contribution in [1.82, 2.24) is 5.32 Å². The van der Waals surface area contributed by atoms with Crippen molar-refractivity contribution in [1.29, 1.82) is 0 Å². The highest BCUT2D eigenvalue weighted by Gasteiger charge is 2.14. The van der Waals surface area contributed by atoms with Crippen molar-refractivity contribution in [2.24, 2.45) is 0 Å². The second-order valence-corrected chi connectivity index (χ2v) is 4.98. The van der Waals surface area contributed by atoms with Crippen LogP contribution in [0.5, 0.6) is 0 Å². The fourth-order valence-electron chi connectivity index (χ4n) is 2.52. The summed E-state index contributed by atoms with van der Waals surface area (Å²) in [6.07, 6.45) is 10.3. The molecule has 0 bridgehead atoms. The molecule has 1 aliphatic carbocycles. The summed E-state index contributed by atoms with van der Waals surface area (Å²) in [5.41, 5.74) is 0. The van der Waals surface area contributed by atoms with E-state index in [4.69, 9.17) is 4.42 Å². The summed E-state index contributed by atoms with van der Waals surface area (Å²) in [6, 6.07) is 4.21. The van der Waals surface area contributed by atoms with Gasteiger partial charge in [-0.15, -0.1) is 0 Å². The van der Waals surface area contributed by atoms with Gasteiger partial charge < -0.3 is 14.8 Å². The standard InChI is InChI=1S/C14H23NO2/c16-13(14-9-6-10-17-14)11-15-12-7-4-2-1-3-5-8-12/h6,9-10,12-13,15-16H,1-5,7-8,11H2. The van der Waals surface area contributed by atoms with Crippen LogP contribution in [0.25, 0.3) is 0 Å². The van der Waals surface area contributed by atoms with Crippen LogP contribution in [0.1, 0.15) is 56.8 Å². The quantitative estimate of drug-likeness (QED) is 0.846. The van der Waals surface area contributed by atoms with Gasteiger partial charge in [-0.2, -0.15) is 0 Å². The van der Waals surface area contributed by atoms with Crippen LogP contribution in [0, 0.1) is 0 Å². The van der Waals surface area contributed by atoms with Gasteiger partial charge in [-0.3, -0.25) is 0 Å². The van der Waals surface area contributed by atoms with Crippen LogP contribution in [-0.4, -0.2) is 17.7 Å². The molecule has 0 spiro atoms. The SMILES string of the molecule is OC(CNC1CCCCCCC1)c1ccco1. The van der Waals surface area contributed by atoms with Gasteiger partial charge in [0.15, 0.2) is 0 Å². The molecule has 1 unspecified atom stereocenters. The summed E-state index contributed by atoms with van der Waals surface area (Å²) in [6.45, 7) is 0.595. The van der Waals surface area contributed by atoms with E-state index in [1.807, 2.05) is 12.1 Å². The Bertz CT molecular complexity index is 289. The van der Waals surface area contributed by atoms with Crippen molar-refractivity contribution in [3.05, 3.63) is 24.2 Å². The molecule has 0 amide bonds. The van der Waals surface area contributed by atoms with E-state index in [1.165, 1.54) is 44.9 Å². The van der Waals surface area contributed by atoms with Gasteiger partial charge in [0.25, 0.3) is 0 Å². The molecular weight excluding hydrogens is 214 g/mol. The zero-order chi connectivity index (χ0) is 11.9. The molecule has 0 radical (unpaired) electrons. The summed E-state index contributed by atoms with van der Waals surface area (Å²) in [7, 11) is 0. The molecule has 3 nitrogen and oxygen atoms in total. The molecule has 1 heterocycles. The largest absolute Gasteiger partial charge is 0.467 e. The average molecular weight is 237 g/mol. The lowest BCUT2D eigenvalue weighted by atomic mass is 9.96. The molecule has 0 saturated heterocycles. The molecule has 0 aromatic carbocycles. The highest BCUT2D eigenvalue weighted by molar-refractivity contribution is 5.02. The van der Waals surface area contributed by atoms with E-state index in [-0.39, 0.29) is 0 Å². The van der Waals surface area contributed by atoms with Gasteiger partial charge in [0.2, 0.25) is 0 Å². The van der Waals surface area contributed by atoms with Crippen LogP contribution < -0.4 is 5.32 Å². The van der Waals surface area contributed by atoms with Gasteiger partial charge in [-0.1, -0.05) is 32.1 Å². The second-order valence-electron chi connectivity index (χ2n) is 4.98. The van der Waals surface area contributed by atoms with Crippen LogP contribution in [0.4, 0.5) is 0 Å². The van der Waals surface area contributed by atoms with Crippen molar-refractivity contribution >= 4 is 0 Å². The number of hydrogen-bond acceptors (Lipinski definition) is 3. The smallest absolute Gasteiger partial charge is 0.133 e. The van der Waals surface area contributed by atoms with E-state index in [1.54, 1.807) is 6.26 Å². The van der Waals surface area contributed by atoms with Gasteiger partial charge in [0, 0.05) is 12.6 Å². The monoisotopic (exact) mass is 237 g/mol. The third-order valence-electron chi connectivity index (χ3n) is 3.58. The van der Waals surface area contributed by atoms with Crippen molar-refractivity contribution < 1.29 is 9.52 Å². The Morgan fingerprint density at radius 3 is 2.59 bits per heavy atom. The number of aliphatic hydroxyl groups is 1. The molecule has 1 aromatic heterocycles. The number of rotatable bonds is 4. The molecule has 96 valence electrons. The van der Waals surface area contributed by atoms with Gasteiger partial charge in [-0.25, -0.2) is 0 Å². The number of furan rings is 1. The van der Waals surface area contributed by atoms with E-state index < -0.39 is 6.10 Å². The third kappa shape index (κ3) is 4.17. The molecule has 0 aliphatic heterocycles. The summed E-state index contributed by atoms with van der Waals surface area (Å²) >= 11 is 0. The van der Waals surface area contributed by atoms with Crippen molar-refractivity contribution in [2.75, 3.05) is 6.54 Å². The first kappa shape index (κ1) is 12.7. The molecule has 3 heteroatoms. The molecule has 1 fully saturated rings. The zero-order valence-corrected chi connectivity index (χ0v) is 10.4. The van der Waals surface area contributed by atoms with Crippen LogP contribution in [0.15, 0.2) is 22.8 Å². The Morgan fingerprint density at radius 2 is 1.94 bits per heavy atom. The first-order valence-corrected chi connectivity index (χ1v) is 6.81. The Labute approximate surface area is 103 Å². The number of aliphatic hydroxyl groups excluding tert-OH is 1. The number of hydrogen-bond donors (Lipinski definition) is 2. The van der Waals surface area contributed by atoms with Crippen LogP contribution in [0.3, 0.4) is 0 Å². The van der Waals surface area contributed by atoms with Crippen molar-refractivity contribution in [3.8, 4) is 0 Å². The predicted octanol–water partition coefficient (Wildman–Crippen LogP) is 3.02. The minimum Gasteiger partial charge on any atom is -0.467 e. The maximum atomic E-state index is 9.91. The molecule has 17 heavy (non-hydrogen) atoms. The highest BCUT2D eigenvalue weighted by atomic mass is 16.4. The maximum absolute atomic E-state index is 9.91. The predicted molar refractivity (Wildman–Crippen MR) is 67.8 cm³/mol. The lowest BCUT2D eigenvalue weighted by Gasteiger charge is -2.22. The topological polar surface area (TPSA) is 45.4 Å². The highest BCUT2D eigenvalue weighted by Crippen LogP contribution is 2.18. The van der Waals surface area contributed by atoms with E-state index >= 15 is 0 Å². The van der Waals surface area contributed by atoms with E-state index in [0.717, 1.165) is 0 Å². The van der Waals surface area contributed by atoms with Crippen LogP contribution in [0.2, 0.25) is 0 Å². The van der Waals surface area contributed by atoms with E-state index in [0.29, 0.717) is 18.3 Å². The molecule has 1 atom stereocenters. The molecule has 1 aliphatic rings. The molecular formula is C14H23NO2. The van der Waals surface area contributed by atoms with Crippen molar-refractivity contribution in [3.63, 3.8) is 0 Å². The van der Waals surface area contributed by atoms with Gasteiger partial charge >= 0.3 is 0 Å². The van der Waals surface area contributed by atoms with Crippen molar-refractivity contribution in [2.45, 2.75) is 57.1 Å². The maximum Gasteiger partial charge on any atom is 0.133 e. The Hall–Kier alpha value is -0.800. The fourth-order valence-corrected chi connectivity index (χ4v) is 2.52. The first-order chi connectivity index (χ1) is 8.36. The minimum atomic E-state index is -0.518. The Morgan fingerprint density at radius 1 is 1.24 bits per heavy atom. The third-order valence-corrected chi connectivity index (χ3v) is 3.58. The summed E-state index contributed by atoms with van der Waals surface area (Å²) in [4.78, 5) is 0. The Balaban J connectivity index is 1.72. The summed E-state index contributed by atoms with van der Waals surface area (Å²) in [5.74, 6) is 0.656. The molecule has 2 N–H and O–H groups in total. The van der Waals surface area contributed by atoms with Crippen LogP contribution in [-0.2, 0) is 0 Å². The second kappa shape index (κ2) is 6.82.